The zero-order valence-electron chi connectivity index (χ0n) is 11.8. The SMILES string of the molecule is CC(C)N(C(=O)n1nnc2ncccc21)c1ccccc1. The number of nitrogens with zero attached hydrogens (tertiary/aromatic N) is 5. The van der Waals surface area contributed by atoms with Crippen molar-refractivity contribution in [2.24, 2.45) is 0 Å². The van der Waals surface area contributed by atoms with E-state index in [1.165, 1.54) is 4.68 Å². The van der Waals surface area contributed by atoms with E-state index in [9.17, 15) is 4.79 Å². The number of hydrogen-bond donors (Lipinski definition) is 0. The lowest BCUT2D eigenvalue weighted by Crippen LogP contribution is -2.40. The molecule has 3 rings (SSSR count). The molecule has 0 aliphatic rings. The van der Waals surface area contributed by atoms with E-state index in [0.717, 1.165) is 5.69 Å². The third kappa shape index (κ3) is 2.35. The van der Waals surface area contributed by atoms with Gasteiger partial charge < -0.3 is 0 Å². The highest BCUT2D eigenvalue weighted by atomic mass is 16.2. The number of pyridine rings is 1. The summed E-state index contributed by atoms with van der Waals surface area (Å²) in [5.74, 6) is 0. The van der Waals surface area contributed by atoms with E-state index in [1.807, 2.05) is 44.2 Å². The van der Waals surface area contributed by atoms with Crippen LogP contribution in [0.2, 0.25) is 0 Å². The number of rotatable bonds is 2. The Morgan fingerprint density at radius 1 is 1.14 bits per heavy atom. The molecule has 1 amide bonds. The second-order valence-corrected chi connectivity index (χ2v) is 4.93. The van der Waals surface area contributed by atoms with Gasteiger partial charge in [0, 0.05) is 17.9 Å². The van der Waals surface area contributed by atoms with Gasteiger partial charge in [0.1, 0.15) is 5.52 Å². The van der Waals surface area contributed by atoms with Gasteiger partial charge in [0.15, 0.2) is 0 Å². The van der Waals surface area contributed by atoms with Crippen LogP contribution in [-0.4, -0.2) is 32.1 Å². The van der Waals surface area contributed by atoms with Gasteiger partial charge in [-0.15, -0.1) is 5.10 Å². The zero-order chi connectivity index (χ0) is 14.8. The van der Waals surface area contributed by atoms with Crippen LogP contribution in [0, 0.1) is 0 Å². The van der Waals surface area contributed by atoms with Crippen LogP contribution in [0.5, 0.6) is 0 Å². The molecule has 1 aromatic carbocycles. The van der Waals surface area contributed by atoms with Gasteiger partial charge in [-0.2, -0.15) is 4.68 Å². The minimum absolute atomic E-state index is 0.00387. The molecular formula is C15H15N5O. The molecule has 0 spiro atoms. The minimum Gasteiger partial charge on any atom is -0.290 e. The van der Waals surface area contributed by atoms with Crippen molar-refractivity contribution >= 4 is 22.9 Å². The highest BCUT2D eigenvalue weighted by molar-refractivity contribution is 5.97. The Morgan fingerprint density at radius 3 is 2.62 bits per heavy atom. The number of benzene rings is 1. The molecule has 2 aromatic heterocycles. The van der Waals surface area contributed by atoms with E-state index in [1.54, 1.807) is 23.2 Å². The van der Waals surface area contributed by atoms with Gasteiger partial charge in [0.05, 0.1) is 0 Å². The van der Waals surface area contributed by atoms with E-state index in [-0.39, 0.29) is 12.1 Å². The first-order valence-electron chi connectivity index (χ1n) is 6.73. The summed E-state index contributed by atoms with van der Waals surface area (Å²) < 4.78 is 1.29. The standard InChI is InChI=1S/C15H15N5O/c1-11(2)19(12-7-4-3-5-8-12)15(21)20-13-9-6-10-16-14(13)17-18-20/h3-11H,1-2H3. The number of carbonyl (C=O) groups excluding carboxylic acids is 1. The monoisotopic (exact) mass is 281 g/mol. The summed E-state index contributed by atoms with van der Waals surface area (Å²) in [6.07, 6.45) is 1.63. The molecule has 106 valence electrons. The lowest BCUT2D eigenvalue weighted by Gasteiger charge is -2.26. The summed E-state index contributed by atoms with van der Waals surface area (Å²) in [6, 6.07) is 12.8. The molecule has 0 atom stereocenters. The zero-order valence-corrected chi connectivity index (χ0v) is 11.8. The van der Waals surface area contributed by atoms with Crippen molar-refractivity contribution in [2.45, 2.75) is 19.9 Å². The largest absolute Gasteiger partial charge is 0.351 e. The molecule has 0 fully saturated rings. The summed E-state index contributed by atoms with van der Waals surface area (Å²) in [5.41, 5.74) is 1.89. The fourth-order valence-corrected chi connectivity index (χ4v) is 2.23. The second kappa shape index (κ2) is 5.32. The van der Waals surface area contributed by atoms with Crippen LogP contribution in [0.15, 0.2) is 48.7 Å². The number of carbonyl (C=O) groups is 1. The number of aromatic nitrogens is 4. The van der Waals surface area contributed by atoms with Crippen molar-refractivity contribution in [3.05, 3.63) is 48.7 Å². The summed E-state index contributed by atoms with van der Waals surface area (Å²) in [4.78, 5) is 18.6. The predicted octanol–water partition coefficient (Wildman–Crippen LogP) is 2.71. The Balaban J connectivity index is 2.06. The van der Waals surface area contributed by atoms with Crippen molar-refractivity contribution in [3.8, 4) is 0 Å². The lowest BCUT2D eigenvalue weighted by atomic mass is 10.2. The molecular weight excluding hydrogens is 266 g/mol. The average Bonchev–Trinajstić information content (AvgIpc) is 2.92. The third-order valence-electron chi connectivity index (χ3n) is 3.16. The molecule has 0 N–H and O–H groups in total. The molecule has 0 saturated carbocycles. The maximum Gasteiger partial charge on any atom is 0.351 e. The third-order valence-corrected chi connectivity index (χ3v) is 3.16. The van der Waals surface area contributed by atoms with Gasteiger partial charge in [-0.05, 0) is 38.1 Å². The van der Waals surface area contributed by atoms with Crippen LogP contribution in [0.25, 0.3) is 11.2 Å². The van der Waals surface area contributed by atoms with Gasteiger partial charge in [-0.3, -0.25) is 4.90 Å². The molecule has 0 radical (unpaired) electrons. The quantitative estimate of drug-likeness (QED) is 0.724. The molecule has 3 aromatic rings. The van der Waals surface area contributed by atoms with Gasteiger partial charge in [-0.25, -0.2) is 9.78 Å². The Bertz CT molecular complexity index is 766. The van der Waals surface area contributed by atoms with Crippen LogP contribution in [0.3, 0.4) is 0 Å². The van der Waals surface area contributed by atoms with Crippen LogP contribution in [0.4, 0.5) is 10.5 Å². The normalized spacial score (nSPS) is 11.0. The van der Waals surface area contributed by atoms with Gasteiger partial charge in [0.25, 0.3) is 0 Å². The maximum absolute atomic E-state index is 12.8. The first-order valence-corrected chi connectivity index (χ1v) is 6.73. The van der Waals surface area contributed by atoms with Crippen molar-refractivity contribution in [1.82, 2.24) is 20.0 Å². The molecule has 0 aliphatic heterocycles. The summed E-state index contributed by atoms with van der Waals surface area (Å²) in [6.45, 7) is 3.92. The molecule has 2 heterocycles. The maximum atomic E-state index is 12.8. The van der Waals surface area contributed by atoms with E-state index in [2.05, 4.69) is 15.3 Å². The van der Waals surface area contributed by atoms with Crippen LogP contribution >= 0.6 is 0 Å². The second-order valence-electron chi connectivity index (χ2n) is 4.93. The van der Waals surface area contributed by atoms with E-state index >= 15 is 0 Å². The van der Waals surface area contributed by atoms with E-state index in [0.29, 0.717) is 11.2 Å². The van der Waals surface area contributed by atoms with E-state index < -0.39 is 0 Å². The highest BCUT2D eigenvalue weighted by Crippen LogP contribution is 2.19. The van der Waals surface area contributed by atoms with Crippen molar-refractivity contribution in [1.29, 1.82) is 0 Å². The molecule has 6 nitrogen and oxygen atoms in total. The number of anilines is 1. The first-order chi connectivity index (χ1) is 10.2. The summed E-state index contributed by atoms with van der Waals surface area (Å²) in [5, 5.41) is 7.87. The Hall–Kier alpha value is -2.76. The Kier molecular flexibility index (Phi) is 3.35. The molecule has 0 aliphatic carbocycles. The minimum atomic E-state index is -0.244. The Morgan fingerprint density at radius 2 is 1.90 bits per heavy atom. The van der Waals surface area contributed by atoms with Gasteiger partial charge in [0.2, 0.25) is 5.65 Å². The summed E-state index contributed by atoms with van der Waals surface area (Å²) >= 11 is 0. The fourth-order valence-electron chi connectivity index (χ4n) is 2.23. The van der Waals surface area contributed by atoms with Crippen LogP contribution in [0.1, 0.15) is 13.8 Å². The summed E-state index contributed by atoms with van der Waals surface area (Å²) in [7, 11) is 0. The van der Waals surface area contributed by atoms with Gasteiger partial charge >= 0.3 is 6.03 Å². The topological polar surface area (TPSA) is 63.9 Å². The van der Waals surface area contributed by atoms with E-state index in [4.69, 9.17) is 0 Å². The number of hydrogen-bond acceptors (Lipinski definition) is 4. The number of para-hydroxylation sites is 1. The molecule has 21 heavy (non-hydrogen) atoms. The first kappa shape index (κ1) is 13.2. The van der Waals surface area contributed by atoms with Crippen LogP contribution < -0.4 is 4.90 Å². The van der Waals surface area contributed by atoms with Gasteiger partial charge in [-0.1, -0.05) is 23.4 Å². The molecule has 0 bridgehead atoms. The van der Waals surface area contributed by atoms with Crippen molar-refractivity contribution in [2.75, 3.05) is 4.90 Å². The van der Waals surface area contributed by atoms with Crippen LogP contribution in [-0.2, 0) is 0 Å². The smallest absolute Gasteiger partial charge is 0.290 e. The molecule has 0 unspecified atom stereocenters. The predicted molar refractivity (Wildman–Crippen MR) is 80.2 cm³/mol. The number of amides is 1. The lowest BCUT2D eigenvalue weighted by molar-refractivity contribution is 0.244. The average molecular weight is 281 g/mol. The Labute approximate surface area is 122 Å². The highest BCUT2D eigenvalue weighted by Gasteiger charge is 2.23. The number of fused-ring (bicyclic) bond motifs is 1. The molecule has 6 heteroatoms. The van der Waals surface area contributed by atoms with Crippen molar-refractivity contribution in [3.63, 3.8) is 0 Å². The fraction of sp³-hybridized carbons (Fsp3) is 0.200. The van der Waals surface area contributed by atoms with Crippen molar-refractivity contribution < 1.29 is 4.79 Å². The molecule has 0 saturated heterocycles.